The van der Waals surface area contributed by atoms with Crippen molar-refractivity contribution in [1.29, 1.82) is 0 Å². The summed E-state index contributed by atoms with van der Waals surface area (Å²) in [5.41, 5.74) is 1.78. The Hall–Kier alpha value is -4.38. The topological polar surface area (TPSA) is 107 Å². The van der Waals surface area contributed by atoms with Gasteiger partial charge in [0.15, 0.2) is 5.76 Å². The van der Waals surface area contributed by atoms with Crippen LogP contribution in [0.2, 0.25) is 0 Å². The first-order valence-electron chi connectivity index (χ1n) is 12.9. The molecule has 2 aliphatic rings. The molecule has 4 amide bonds. The van der Waals surface area contributed by atoms with Crippen molar-refractivity contribution in [3.63, 3.8) is 0 Å². The first kappa shape index (κ1) is 26.2. The quantitative estimate of drug-likeness (QED) is 0.514. The lowest BCUT2D eigenvalue weighted by molar-refractivity contribution is 0.0303. The van der Waals surface area contributed by atoms with E-state index in [-0.39, 0.29) is 23.4 Å². The third-order valence-corrected chi connectivity index (χ3v) is 6.77. The molecular weight excluding hydrogens is 505 g/mol. The van der Waals surface area contributed by atoms with Crippen LogP contribution in [-0.4, -0.2) is 80.1 Å². The number of benzene rings is 2. The molecule has 2 aromatic carbocycles. The molecule has 3 heterocycles. The number of carbonyl (C=O) groups is 3. The molecule has 1 aromatic heterocycles. The fourth-order valence-electron chi connectivity index (χ4n) is 4.72. The molecule has 0 spiro atoms. The Morgan fingerprint density at radius 3 is 2.41 bits per heavy atom. The predicted octanol–water partition coefficient (Wildman–Crippen LogP) is 3.89. The molecule has 0 aliphatic carbocycles. The minimum Gasteiger partial charge on any atom is -0.459 e. The van der Waals surface area contributed by atoms with Crippen LogP contribution < -0.4 is 15.5 Å². The van der Waals surface area contributed by atoms with Crippen molar-refractivity contribution in [3.8, 4) is 0 Å². The molecule has 0 atom stereocenters. The molecule has 2 fully saturated rings. The number of carbonyl (C=O) groups excluding carboxylic acids is 3. The van der Waals surface area contributed by atoms with Crippen LogP contribution in [0.15, 0.2) is 65.3 Å². The highest BCUT2D eigenvalue weighted by Gasteiger charge is 2.26. The number of para-hydroxylation sites is 1. The van der Waals surface area contributed by atoms with Gasteiger partial charge >= 0.3 is 6.03 Å². The van der Waals surface area contributed by atoms with Gasteiger partial charge in [-0.15, -0.1) is 0 Å². The summed E-state index contributed by atoms with van der Waals surface area (Å²) in [6.07, 6.45) is 2.08. The lowest BCUT2D eigenvalue weighted by atomic mass is 10.1. The molecule has 204 valence electrons. The van der Waals surface area contributed by atoms with Gasteiger partial charge in [0.2, 0.25) is 0 Å². The number of urea groups is 1. The fraction of sp³-hybridized carbons (Fsp3) is 0.321. The number of nitrogens with zero attached hydrogens (tertiary/aromatic N) is 3. The van der Waals surface area contributed by atoms with E-state index in [1.165, 1.54) is 18.4 Å². The molecule has 0 saturated carbocycles. The highest BCUT2D eigenvalue weighted by Crippen LogP contribution is 2.28. The summed E-state index contributed by atoms with van der Waals surface area (Å²) in [5, 5.41) is 5.44. The Labute approximate surface area is 225 Å². The number of ether oxygens (including phenoxy) is 1. The Balaban J connectivity index is 1.34. The third kappa shape index (κ3) is 6.20. The summed E-state index contributed by atoms with van der Waals surface area (Å²) in [6, 6.07) is 14.1. The van der Waals surface area contributed by atoms with E-state index in [2.05, 4.69) is 15.5 Å². The third-order valence-electron chi connectivity index (χ3n) is 6.77. The largest absolute Gasteiger partial charge is 0.459 e. The van der Waals surface area contributed by atoms with Crippen LogP contribution in [0.25, 0.3) is 0 Å². The lowest BCUT2D eigenvalue weighted by Gasteiger charge is -2.30. The van der Waals surface area contributed by atoms with E-state index in [1.807, 2.05) is 6.07 Å². The predicted molar refractivity (Wildman–Crippen MR) is 144 cm³/mol. The number of hydrogen-bond donors (Lipinski definition) is 2. The highest BCUT2D eigenvalue weighted by atomic mass is 19.1. The van der Waals surface area contributed by atoms with Gasteiger partial charge in [-0.05, 0) is 48.9 Å². The van der Waals surface area contributed by atoms with Crippen molar-refractivity contribution in [2.75, 3.05) is 68.0 Å². The first-order chi connectivity index (χ1) is 19.0. The first-order valence-corrected chi connectivity index (χ1v) is 12.9. The van der Waals surface area contributed by atoms with E-state index < -0.39 is 11.7 Å². The average Bonchev–Trinajstić information content (AvgIpc) is 3.39. The zero-order chi connectivity index (χ0) is 27.2. The molecule has 0 unspecified atom stereocenters. The van der Waals surface area contributed by atoms with Crippen molar-refractivity contribution >= 4 is 34.9 Å². The smallest absolute Gasteiger partial charge is 0.321 e. The monoisotopic (exact) mass is 535 g/mol. The summed E-state index contributed by atoms with van der Waals surface area (Å²) in [7, 11) is 0. The standard InChI is InChI=1S/C28H30FN5O5/c29-22-5-1-2-6-23(22)31-28(37)34-11-4-10-32(12-13-34)24-9-8-20(30-26(35)25-7-3-16-39-25)19-21(24)27(36)33-14-17-38-18-15-33/h1-3,5-9,16,19H,4,10-15,17-18H2,(H,30,35)(H,31,37). The van der Waals surface area contributed by atoms with E-state index in [4.69, 9.17) is 9.15 Å². The highest BCUT2D eigenvalue weighted by molar-refractivity contribution is 6.05. The molecule has 0 bridgehead atoms. The molecule has 11 heteroatoms. The number of hydrogen-bond acceptors (Lipinski definition) is 6. The SMILES string of the molecule is O=C(Nc1ccc(N2CCCN(C(=O)Nc3ccccc3F)CC2)c(C(=O)N2CCOCC2)c1)c1ccco1. The van der Waals surface area contributed by atoms with E-state index in [0.29, 0.717) is 70.2 Å². The summed E-state index contributed by atoms with van der Waals surface area (Å²) in [4.78, 5) is 44.5. The number of nitrogens with one attached hydrogen (secondary N) is 2. The second-order valence-electron chi connectivity index (χ2n) is 9.31. The molecule has 2 saturated heterocycles. The maximum atomic E-state index is 14.0. The molecule has 0 radical (unpaired) electrons. The normalized spacial score (nSPS) is 16.0. The van der Waals surface area contributed by atoms with Crippen LogP contribution in [0.5, 0.6) is 0 Å². The minimum atomic E-state index is -0.493. The van der Waals surface area contributed by atoms with Crippen LogP contribution >= 0.6 is 0 Å². The molecule has 2 aliphatic heterocycles. The molecule has 10 nitrogen and oxygen atoms in total. The van der Waals surface area contributed by atoms with Crippen LogP contribution in [0.3, 0.4) is 0 Å². The summed E-state index contributed by atoms with van der Waals surface area (Å²) in [5.74, 6) is -0.890. The van der Waals surface area contributed by atoms with Gasteiger partial charge in [0, 0.05) is 50.6 Å². The van der Waals surface area contributed by atoms with Gasteiger partial charge in [-0.1, -0.05) is 12.1 Å². The van der Waals surface area contributed by atoms with Crippen LogP contribution in [-0.2, 0) is 4.74 Å². The number of amides is 4. The van der Waals surface area contributed by atoms with Crippen molar-refractivity contribution in [1.82, 2.24) is 9.80 Å². The second-order valence-corrected chi connectivity index (χ2v) is 9.31. The molecular formula is C28H30FN5O5. The Bertz CT molecular complexity index is 1330. The van der Waals surface area contributed by atoms with E-state index in [9.17, 15) is 18.8 Å². The van der Waals surface area contributed by atoms with Crippen LogP contribution in [0.1, 0.15) is 27.3 Å². The van der Waals surface area contributed by atoms with E-state index in [0.717, 1.165) is 5.69 Å². The molecule has 5 rings (SSSR count). The average molecular weight is 536 g/mol. The number of morpholine rings is 1. The minimum absolute atomic E-state index is 0.134. The second kappa shape index (κ2) is 12.0. The summed E-state index contributed by atoms with van der Waals surface area (Å²) in [6.45, 7) is 3.86. The number of halogens is 1. The molecule has 3 aromatic rings. The number of anilines is 3. The van der Waals surface area contributed by atoms with Crippen LogP contribution in [0.4, 0.5) is 26.2 Å². The summed E-state index contributed by atoms with van der Waals surface area (Å²) < 4.78 is 24.6. The maximum absolute atomic E-state index is 14.0. The fourth-order valence-corrected chi connectivity index (χ4v) is 4.72. The number of furan rings is 1. The Morgan fingerprint density at radius 2 is 1.64 bits per heavy atom. The van der Waals surface area contributed by atoms with Crippen LogP contribution in [0, 0.1) is 5.82 Å². The van der Waals surface area contributed by atoms with Crippen molar-refractivity contribution < 1.29 is 27.9 Å². The Morgan fingerprint density at radius 1 is 0.821 bits per heavy atom. The van der Waals surface area contributed by atoms with E-state index in [1.54, 1.807) is 46.2 Å². The van der Waals surface area contributed by atoms with Gasteiger partial charge in [-0.2, -0.15) is 0 Å². The van der Waals surface area contributed by atoms with Gasteiger partial charge in [-0.3, -0.25) is 9.59 Å². The molecule has 39 heavy (non-hydrogen) atoms. The van der Waals surface area contributed by atoms with Crippen molar-refractivity contribution in [3.05, 3.63) is 78.0 Å². The van der Waals surface area contributed by atoms with Gasteiger partial charge < -0.3 is 34.5 Å². The van der Waals surface area contributed by atoms with Gasteiger partial charge in [0.05, 0.1) is 30.7 Å². The zero-order valence-corrected chi connectivity index (χ0v) is 21.4. The van der Waals surface area contributed by atoms with E-state index >= 15 is 0 Å². The van der Waals surface area contributed by atoms with Crippen molar-refractivity contribution in [2.45, 2.75) is 6.42 Å². The van der Waals surface area contributed by atoms with Gasteiger partial charge in [0.25, 0.3) is 11.8 Å². The maximum Gasteiger partial charge on any atom is 0.321 e. The lowest BCUT2D eigenvalue weighted by Crippen LogP contribution is -2.42. The zero-order valence-electron chi connectivity index (χ0n) is 21.4. The van der Waals surface area contributed by atoms with Crippen molar-refractivity contribution in [2.24, 2.45) is 0 Å². The number of rotatable bonds is 5. The molecule has 2 N–H and O–H groups in total. The van der Waals surface area contributed by atoms with Gasteiger partial charge in [0.1, 0.15) is 5.82 Å². The summed E-state index contributed by atoms with van der Waals surface area (Å²) >= 11 is 0. The Kier molecular flexibility index (Phi) is 8.07. The van der Waals surface area contributed by atoms with Gasteiger partial charge in [-0.25, -0.2) is 9.18 Å².